The van der Waals surface area contributed by atoms with Crippen LogP contribution in [-0.4, -0.2) is 30.4 Å². The molecule has 25 heavy (non-hydrogen) atoms. The first kappa shape index (κ1) is 16.4. The summed E-state index contributed by atoms with van der Waals surface area (Å²) >= 11 is 0. The zero-order valence-electron chi connectivity index (χ0n) is 13.5. The molecule has 2 aromatic heterocycles. The van der Waals surface area contributed by atoms with Crippen LogP contribution in [0.1, 0.15) is 21.6 Å². The van der Waals surface area contributed by atoms with Crippen molar-refractivity contribution in [3.63, 3.8) is 0 Å². The van der Waals surface area contributed by atoms with Gasteiger partial charge in [0.15, 0.2) is 0 Å². The van der Waals surface area contributed by atoms with E-state index in [1.807, 2.05) is 19.2 Å². The maximum atomic E-state index is 12.3. The summed E-state index contributed by atoms with van der Waals surface area (Å²) in [5.41, 5.74) is 2.17. The molecule has 0 saturated heterocycles. The molecule has 0 aliphatic heterocycles. The van der Waals surface area contributed by atoms with Crippen LogP contribution in [-0.2, 0) is 20.1 Å². The van der Waals surface area contributed by atoms with Gasteiger partial charge in [0, 0.05) is 18.8 Å². The second-order valence-electron chi connectivity index (χ2n) is 5.48. The molecule has 3 aromatic rings. The Balaban J connectivity index is 1.66. The first-order chi connectivity index (χ1) is 12.0. The van der Waals surface area contributed by atoms with Crippen LogP contribution in [0.15, 0.2) is 48.9 Å². The summed E-state index contributed by atoms with van der Waals surface area (Å²) in [4.78, 5) is 22.5. The van der Waals surface area contributed by atoms with Gasteiger partial charge in [-0.2, -0.15) is 10.2 Å². The standard InChI is InChI=1S/C16H16N6O3/c1-20-14(5-6-18-20)8-17-16(23)13-4-2-3-12(7-13)10-21-11-15(9-19-21)22(24)25/h2-7,9,11H,8,10H2,1H3,(H,17,23). The number of amides is 1. The summed E-state index contributed by atoms with van der Waals surface area (Å²) < 4.78 is 3.16. The number of nitrogens with zero attached hydrogens (tertiary/aromatic N) is 5. The van der Waals surface area contributed by atoms with Crippen molar-refractivity contribution < 1.29 is 9.72 Å². The average molecular weight is 340 g/mol. The maximum Gasteiger partial charge on any atom is 0.307 e. The van der Waals surface area contributed by atoms with E-state index in [9.17, 15) is 14.9 Å². The van der Waals surface area contributed by atoms with Crippen LogP contribution in [0.2, 0.25) is 0 Å². The zero-order chi connectivity index (χ0) is 17.8. The van der Waals surface area contributed by atoms with Gasteiger partial charge in [-0.3, -0.25) is 24.3 Å². The van der Waals surface area contributed by atoms with E-state index in [0.717, 1.165) is 11.3 Å². The summed E-state index contributed by atoms with van der Waals surface area (Å²) in [5.74, 6) is -0.200. The Bertz CT molecular complexity index is 914. The van der Waals surface area contributed by atoms with E-state index < -0.39 is 4.92 Å². The van der Waals surface area contributed by atoms with Gasteiger partial charge in [0.2, 0.25) is 0 Å². The van der Waals surface area contributed by atoms with Crippen LogP contribution in [0, 0.1) is 10.1 Å². The van der Waals surface area contributed by atoms with Gasteiger partial charge in [0.25, 0.3) is 5.91 Å². The van der Waals surface area contributed by atoms with Crippen LogP contribution in [0.3, 0.4) is 0 Å². The van der Waals surface area contributed by atoms with Crippen molar-refractivity contribution in [1.29, 1.82) is 0 Å². The van der Waals surface area contributed by atoms with Crippen molar-refractivity contribution in [3.05, 3.63) is 75.9 Å². The number of aromatic nitrogens is 4. The monoisotopic (exact) mass is 340 g/mol. The SMILES string of the molecule is Cn1nccc1CNC(=O)c1cccc(Cn2cc([N+](=O)[O-])cn2)c1. The molecule has 0 fully saturated rings. The Hall–Kier alpha value is -3.49. The second kappa shape index (κ2) is 6.95. The van der Waals surface area contributed by atoms with Crippen molar-refractivity contribution in [2.24, 2.45) is 7.05 Å². The van der Waals surface area contributed by atoms with Crippen LogP contribution in [0.4, 0.5) is 5.69 Å². The Morgan fingerprint density at radius 2 is 2.16 bits per heavy atom. The van der Waals surface area contributed by atoms with E-state index in [1.54, 1.807) is 29.1 Å². The zero-order valence-corrected chi connectivity index (χ0v) is 13.5. The Morgan fingerprint density at radius 3 is 2.84 bits per heavy atom. The molecule has 0 unspecified atom stereocenters. The molecule has 1 aromatic carbocycles. The minimum atomic E-state index is -0.494. The first-order valence-electron chi connectivity index (χ1n) is 7.54. The molecule has 0 saturated carbocycles. The highest BCUT2D eigenvalue weighted by molar-refractivity contribution is 5.94. The van der Waals surface area contributed by atoms with E-state index in [-0.39, 0.29) is 11.6 Å². The maximum absolute atomic E-state index is 12.3. The summed E-state index contributed by atoms with van der Waals surface area (Å²) in [7, 11) is 1.81. The highest BCUT2D eigenvalue weighted by atomic mass is 16.6. The molecule has 1 amide bonds. The van der Waals surface area contributed by atoms with Crippen LogP contribution < -0.4 is 5.32 Å². The van der Waals surface area contributed by atoms with Crippen LogP contribution in [0.25, 0.3) is 0 Å². The van der Waals surface area contributed by atoms with Gasteiger partial charge < -0.3 is 5.32 Å². The molecular weight excluding hydrogens is 324 g/mol. The minimum Gasteiger partial charge on any atom is -0.346 e. The van der Waals surface area contributed by atoms with Crippen molar-refractivity contribution in [2.75, 3.05) is 0 Å². The summed E-state index contributed by atoms with van der Waals surface area (Å²) in [5, 5.41) is 21.5. The third kappa shape index (κ3) is 3.89. The lowest BCUT2D eigenvalue weighted by atomic mass is 10.1. The first-order valence-corrected chi connectivity index (χ1v) is 7.54. The Kier molecular flexibility index (Phi) is 4.55. The van der Waals surface area contributed by atoms with Crippen molar-refractivity contribution >= 4 is 11.6 Å². The Morgan fingerprint density at radius 1 is 1.32 bits per heavy atom. The normalized spacial score (nSPS) is 10.6. The van der Waals surface area contributed by atoms with E-state index in [4.69, 9.17) is 0 Å². The van der Waals surface area contributed by atoms with Gasteiger partial charge >= 0.3 is 5.69 Å². The van der Waals surface area contributed by atoms with Gasteiger partial charge in [-0.05, 0) is 23.8 Å². The fourth-order valence-electron chi connectivity index (χ4n) is 2.38. The molecule has 9 nitrogen and oxygen atoms in total. The topological polar surface area (TPSA) is 108 Å². The van der Waals surface area contributed by atoms with Crippen LogP contribution in [0.5, 0.6) is 0 Å². The van der Waals surface area contributed by atoms with Gasteiger partial charge in [0.1, 0.15) is 12.4 Å². The number of nitrogens with one attached hydrogen (secondary N) is 1. The molecule has 2 heterocycles. The second-order valence-corrected chi connectivity index (χ2v) is 5.48. The number of carbonyl (C=O) groups is 1. The molecule has 0 spiro atoms. The number of hydrogen-bond acceptors (Lipinski definition) is 5. The number of nitro groups is 1. The quantitative estimate of drug-likeness (QED) is 0.540. The number of rotatable bonds is 6. The third-order valence-corrected chi connectivity index (χ3v) is 3.72. The highest BCUT2D eigenvalue weighted by Crippen LogP contribution is 2.11. The van der Waals surface area contributed by atoms with Crippen LogP contribution >= 0.6 is 0 Å². The van der Waals surface area contributed by atoms with Crippen molar-refractivity contribution in [2.45, 2.75) is 13.1 Å². The number of carbonyl (C=O) groups excluding carboxylic acids is 1. The number of hydrogen-bond donors (Lipinski definition) is 1. The number of benzene rings is 1. The molecule has 0 radical (unpaired) electrons. The predicted octanol–water partition coefficient (Wildman–Crippen LogP) is 1.50. The molecule has 3 rings (SSSR count). The molecular formula is C16H16N6O3. The van der Waals surface area contributed by atoms with Crippen molar-refractivity contribution in [1.82, 2.24) is 24.9 Å². The predicted molar refractivity (Wildman–Crippen MR) is 88.8 cm³/mol. The fourth-order valence-corrected chi connectivity index (χ4v) is 2.38. The van der Waals surface area contributed by atoms with Gasteiger partial charge in [-0.15, -0.1) is 0 Å². The molecule has 0 atom stereocenters. The fraction of sp³-hybridized carbons (Fsp3) is 0.188. The molecule has 128 valence electrons. The van der Waals surface area contributed by atoms with Crippen molar-refractivity contribution in [3.8, 4) is 0 Å². The minimum absolute atomic E-state index is 0.0647. The highest BCUT2D eigenvalue weighted by Gasteiger charge is 2.11. The van der Waals surface area contributed by atoms with Gasteiger partial charge in [-0.25, -0.2) is 0 Å². The lowest BCUT2D eigenvalue weighted by Gasteiger charge is -2.07. The van der Waals surface area contributed by atoms with Gasteiger partial charge in [0.05, 0.1) is 23.7 Å². The summed E-state index contributed by atoms with van der Waals surface area (Å²) in [6, 6.07) is 8.90. The lowest BCUT2D eigenvalue weighted by Crippen LogP contribution is -2.24. The Labute approximate surface area is 143 Å². The van der Waals surface area contributed by atoms with E-state index in [0.29, 0.717) is 18.7 Å². The molecule has 1 N–H and O–H groups in total. The lowest BCUT2D eigenvalue weighted by molar-refractivity contribution is -0.385. The number of aryl methyl sites for hydroxylation is 1. The smallest absolute Gasteiger partial charge is 0.307 e. The third-order valence-electron chi connectivity index (χ3n) is 3.72. The average Bonchev–Trinajstić information content (AvgIpc) is 3.22. The van der Waals surface area contributed by atoms with E-state index in [1.165, 1.54) is 17.1 Å². The molecule has 9 heteroatoms. The van der Waals surface area contributed by atoms with E-state index >= 15 is 0 Å². The summed E-state index contributed by atoms with van der Waals surface area (Å²) in [6.45, 7) is 0.724. The molecule has 0 aliphatic rings. The summed E-state index contributed by atoms with van der Waals surface area (Å²) in [6.07, 6.45) is 4.23. The molecule has 0 bridgehead atoms. The largest absolute Gasteiger partial charge is 0.346 e. The molecule has 0 aliphatic carbocycles. The van der Waals surface area contributed by atoms with Gasteiger partial charge in [-0.1, -0.05) is 12.1 Å². The van der Waals surface area contributed by atoms with E-state index in [2.05, 4.69) is 15.5 Å².